The standard InChI is InChI=1S/C17H35NO/c1-13(2)16(11-12-19)18-15-8-6-7-14(9-10-15)17(3,4)5/h13-16,18-19H,6-12H2,1-5H3. The lowest BCUT2D eigenvalue weighted by molar-refractivity contribution is 0.209. The van der Waals surface area contributed by atoms with Gasteiger partial charge in [-0.15, -0.1) is 0 Å². The predicted octanol–water partition coefficient (Wildman–Crippen LogP) is 3.98. The van der Waals surface area contributed by atoms with Crippen LogP contribution in [0.2, 0.25) is 0 Å². The highest BCUT2D eigenvalue weighted by atomic mass is 16.3. The highest BCUT2D eigenvalue weighted by Gasteiger charge is 2.28. The summed E-state index contributed by atoms with van der Waals surface area (Å²) in [5, 5.41) is 13.0. The van der Waals surface area contributed by atoms with Crippen LogP contribution in [0.3, 0.4) is 0 Å². The second-order valence-electron chi connectivity index (χ2n) is 7.80. The van der Waals surface area contributed by atoms with Gasteiger partial charge < -0.3 is 10.4 Å². The van der Waals surface area contributed by atoms with Crippen LogP contribution in [0.15, 0.2) is 0 Å². The summed E-state index contributed by atoms with van der Waals surface area (Å²) in [4.78, 5) is 0. The average Bonchev–Trinajstić information content (AvgIpc) is 2.53. The molecule has 0 amide bonds. The van der Waals surface area contributed by atoms with E-state index in [0.717, 1.165) is 12.3 Å². The first kappa shape index (κ1) is 17.0. The van der Waals surface area contributed by atoms with Crippen molar-refractivity contribution in [2.75, 3.05) is 6.61 Å². The van der Waals surface area contributed by atoms with Crippen molar-refractivity contribution in [2.24, 2.45) is 17.3 Å². The first-order valence-electron chi connectivity index (χ1n) is 8.21. The zero-order valence-electron chi connectivity index (χ0n) is 13.7. The van der Waals surface area contributed by atoms with Crippen molar-refractivity contribution in [2.45, 2.75) is 85.2 Å². The molecule has 114 valence electrons. The second-order valence-corrected chi connectivity index (χ2v) is 7.80. The van der Waals surface area contributed by atoms with Gasteiger partial charge in [0.1, 0.15) is 0 Å². The quantitative estimate of drug-likeness (QED) is 0.740. The molecule has 19 heavy (non-hydrogen) atoms. The molecular weight excluding hydrogens is 234 g/mol. The van der Waals surface area contributed by atoms with Gasteiger partial charge in [-0.2, -0.15) is 0 Å². The second kappa shape index (κ2) is 7.64. The molecule has 0 aromatic heterocycles. The van der Waals surface area contributed by atoms with E-state index in [-0.39, 0.29) is 0 Å². The molecule has 0 spiro atoms. The number of hydrogen-bond acceptors (Lipinski definition) is 2. The van der Waals surface area contributed by atoms with Gasteiger partial charge in [-0.3, -0.25) is 0 Å². The minimum absolute atomic E-state index is 0.299. The third-order valence-corrected chi connectivity index (χ3v) is 4.89. The fourth-order valence-corrected chi connectivity index (χ4v) is 3.39. The normalized spacial score (nSPS) is 27.3. The van der Waals surface area contributed by atoms with Gasteiger partial charge in [0, 0.05) is 18.7 Å². The van der Waals surface area contributed by atoms with Crippen LogP contribution in [0.4, 0.5) is 0 Å². The van der Waals surface area contributed by atoms with Crippen molar-refractivity contribution >= 4 is 0 Å². The lowest BCUT2D eigenvalue weighted by Crippen LogP contribution is -2.41. The number of rotatable bonds is 5. The Bertz CT molecular complexity index is 244. The van der Waals surface area contributed by atoms with Crippen LogP contribution in [0.1, 0.15) is 73.1 Å². The van der Waals surface area contributed by atoms with Crippen molar-refractivity contribution in [3.05, 3.63) is 0 Å². The maximum Gasteiger partial charge on any atom is 0.0445 e. The summed E-state index contributed by atoms with van der Waals surface area (Å²) in [7, 11) is 0. The van der Waals surface area contributed by atoms with Crippen LogP contribution in [-0.2, 0) is 0 Å². The van der Waals surface area contributed by atoms with Crippen LogP contribution in [0.5, 0.6) is 0 Å². The third-order valence-electron chi connectivity index (χ3n) is 4.89. The molecule has 0 aromatic carbocycles. The Hall–Kier alpha value is -0.0800. The van der Waals surface area contributed by atoms with E-state index in [0.29, 0.717) is 30.0 Å². The molecule has 0 radical (unpaired) electrons. The number of aliphatic hydroxyl groups is 1. The van der Waals surface area contributed by atoms with Crippen LogP contribution in [0.25, 0.3) is 0 Å². The van der Waals surface area contributed by atoms with E-state index in [1.54, 1.807) is 0 Å². The van der Waals surface area contributed by atoms with E-state index < -0.39 is 0 Å². The topological polar surface area (TPSA) is 32.3 Å². The summed E-state index contributed by atoms with van der Waals surface area (Å²) in [5.41, 5.74) is 0.456. The maximum absolute atomic E-state index is 9.18. The van der Waals surface area contributed by atoms with Crippen molar-refractivity contribution in [1.82, 2.24) is 5.32 Å². The van der Waals surface area contributed by atoms with Gasteiger partial charge in [-0.1, -0.05) is 41.0 Å². The molecule has 1 fully saturated rings. The van der Waals surface area contributed by atoms with E-state index in [2.05, 4.69) is 39.9 Å². The fourth-order valence-electron chi connectivity index (χ4n) is 3.39. The van der Waals surface area contributed by atoms with E-state index in [9.17, 15) is 5.11 Å². The smallest absolute Gasteiger partial charge is 0.0445 e. The monoisotopic (exact) mass is 269 g/mol. The number of hydrogen-bond donors (Lipinski definition) is 2. The Morgan fingerprint density at radius 1 is 1.11 bits per heavy atom. The molecule has 2 N–H and O–H groups in total. The summed E-state index contributed by atoms with van der Waals surface area (Å²) in [6, 6.07) is 1.13. The van der Waals surface area contributed by atoms with Crippen molar-refractivity contribution in [3.63, 3.8) is 0 Å². The van der Waals surface area contributed by atoms with E-state index in [1.165, 1.54) is 32.1 Å². The molecular formula is C17H35NO. The number of nitrogens with one attached hydrogen (secondary N) is 1. The van der Waals surface area contributed by atoms with Crippen molar-refractivity contribution in [3.8, 4) is 0 Å². The highest BCUT2D eigenvalue weighted by molar-refractivity contribution is 4.83. The lowest BCUT2D eigenvalue weighted by Gasteiger charge is -2.30. The van der Waals surface area contributed by atoms with Crippen molar-refractivity contribution in [1.29, 1.82) is 0 Å². The zero-order valence-corrected chi connectivity index (χ0v) is 13.7. The minimum Gasteiger partial charge on any atom is -0.396 e. The van der Waals surface area contributed by atoms with Gasteiger partial charge in [0.15, 0.2) is 0 Å². The Morgan fingerprint density at radius 2 is 1.79 bits per heavy atom. The van der Waals surface area contributed by atoms with Gasteiger partial charge in [0.05, 0.1) is 0 Å². The molecule has 0 bridgehead atoms. The molecule has 1 saturated carbocycles. The Morgan fingerprint density at radius 3 is 2.32 bits per heavy atom. The molecule has 0 saturated heterocycles. The predicted molar refractivity (Wildman–Crippen MR) is 83.3 cm³/mol. The largest absolute Gasteiger partial charge is 0.396 e. The molecule has 1 aliphatic rings. The Balaban J connectivity index is 2.48. The Kier molecular flexibility index (Phi) is 6.82. The molecule has 0 aromatic rings. The molecule has 3 unspecified atom stereocenters. The van der Waals surface area contributed by atoms with Crippen LogP contribution in [-0.4, -0.2) is 23.8 Å². The molecule has 1 rings (SSSR count). The molecule has 0 heterocycles. The third kappa shape index (κ3) is 5.83. The molecule has 2 nitrogen and oxygen atoms in total. The SMILES string of the molecule is CC(C)C(CCO)NC1CCCC(C(C)(C)C)CC1. The zero-order chi connectivity index (χ0) is 14.5. The van der Waals surface area contributed by atoms with Gasteiger partial charge in [-0.05, 0) is 49.4 Å². The van der Waals surface area contributed by atoms with E-state index >= 15 is 0 Å². The van der Waals surface area contributed by atoms with Crippen LogP contribution in [0, 0.1) is 17.3 Å². The Labute approximate surface area is 120 Å². The van der Waals surface area contributed by atoms with Crippen molar-refractivity contribution < 1.29 is 5.11 Å². The summed E-state index contributed by atoms with van der Waals surface area (Å²) < 4.78 is 0. The van der Waals surface area contributed by atoms with Crippen LogP contribution >= 0.6 is 0 Å². The summed E-state index contributed by atoms with van der Waals surface area (Å²) in [6.07, 6.45) is 7.58. The van der Waals surface area contributed by atoms with Gasteiger partial charge >= 0.3 is 0 Å². The first-order chi connectivity index (χ1) is 8.84. The van der Waals surface area contributed by atoms with Gasteiger partial charge in [-0.25, -0.2) is 0 Å². The van der Waals surface area contributed by atoms with E-state index in [1.807, 2.05) is 0 Å². The van der Waals surface area contributed by atoms with Gasteiger partial charge in [0.25, 0.3) is 0 Å². The van der Waals surface area contributed by atoms with Gasteiger partial charge in [0.2, 0.25) is 0 Å². The summed E-state index contributed by atoms with van der Waals surface area (Å²) >= 11 is 0. The molecule has 2 heteroatoms. The highest BCUT2D eigenvalue weighted by Crippen LogP contribution is 2.36. The molecule has 0 aliphatic heterocycles. The lowest BCUT2D eigenvalue weighted by atomic mass is 9.76. The minimum atomic E-state index is 0.299. The summed E-state index contributed by atoms with van der Waals surface area (Å²) in [6.45, 7) is 12.0. The number of aliphatic hydroxyl groups excluding tert-OH is 1. The maximum atomic E-state index is 9.18. The van der Waals surface area contributed by atoms with Crippen LogP contribution < -0.4 is 5.32 Å². The first-order valence-corrected chi connectivity index (χ1v) is 8.21. The molecule has 3 atom stereocenters. The fraction of sp³-hybridized carbons (Fsp3) is 1.00. The van der Waals surface area contributed by atoms with E-state index in [4.69, 9.17) is 0 Å². The molecule has 1 aliphatic carbocycles. The summed E-state index contributed by atoms with van der Waals surface area (Å²) in [5.74, 6) is 1.48. The average molecular weight is 269 g/mol.